The van der Waals surface area contributed by atoms with Gasteiger partial charge in [0, 0.05) is 53.9 Å². The Morgan fingerprint density at radius 1 is 0.469 bits per heavy atom. The maximum Gasteiger partial charge on any atom is 0.0645 e. The number of aromatic nitrogens is 2. The summed E-state index contributed by atoms with van der Waals surface area (Å²) in [7, 11) is 0. The number of pyridine rings is 1. The second-order valence-corrected chi connectivity index (χ2v) is 13.5. The number of rotatable bonds is 5. The van der Waals surface area contributed by atoms with Crippen LogP contribution < -0.4 is 4.90 Å². The van der Waals surface area contributed by atoms with Crippen LogP contribution >= 0.6 is 11.3 Å². The molecule has 10 rings (SSSR count). The van der Waals surface area contributed by atoms with Crippen molar-refractivity contribution in [2.45, 2.75) is 0 Å². The highest BCUT2D eigenvalue weighted by atomic mass is 32.1. The van der Waals surface area contributed by atoms with Crippen LogP contribution in [0, 0.1) is 0 Å². The van der Waals surface area contributed by atoms with Gasteiger partial charge in [-0.1, -0.05) is 91.0 Å². The normalized spacial score (nSPS) is 11.7. The van der Waals surface area contributed by atoms with Crippen LogP contribution in [0.3, 0.4) is 0 Å². The first-order valence-corrected chi connectivity index (χ1v) is 17.4. The average Bonchev–Trinajstić information content (AvgIpc) is 3.70. The molecule has 0 saturated heterocycles. The van der Waals surface area contributed by atoms with Crippen LogP contribution in [0.4, 0.5) is 17.1 Å². The molecule has 0 bridgehead atoms. The topological polar surface area (TPSA) is 21.1 Å². The molecule has 230 valence electrons. The number of hydrogen-bond donors (Lipinski definition) is 0. The lowest BCUT2D eigenvalue weighted by Crippen LogP contribution is -2.10. The van der Waals surface area contributed by atoms with Gasteiger partial charge in [0.05, 0.1) is 28.6 Å². The summed E-state index contributed by atoms with van der Waals surface area (Å²) in [5.74, 6) is 0. The SMILES string of the molecule is c1ccc(-n2c3ccc(-c4ccc5sc6ccccc6c5c4)cc3c3ccc(N(c4cccnc4)c4cccc5ccccc45)cc32)cc1. The van der Waals surface area contributed by atoms with Gasteiger partial charge in [-0.2, -0.15) is 0 Å². The molecule has 0 spiro atoms. The van der Waals surface area contributed by atoms with Gasteiger partial charge in [0.2, 0.25) is 0 Å². The van der Waals surface area contributed by atoms with Crippen LogP contribution in [0.2, 0.25) is 0 Å². The lowest BCUT2D eigenvalue weighted by atomic mass is 10.0. The molecule has 4 heteroatoms. The maximum absolute atomic E-state index is 4.52. The van der Waals surface area contributed by atoms with E-state index in [4.69, 9.17) is 0 Å². The highest BCUT2D eigenvalue weighted by Gasteiger charge is 2.19. The van der Waals surface area contributed by atoms with Gasteiger partial charge in [-0.3, -0.25) is 4.98 Å². The monoisotopic (exact) mass is 643 g/mol. The first kappa shape index (κ1) is 27.8. The lowest BCUT2D eigenvalue weighted by Gasteiger charge is -2.26. The molecule has 3 heterocycles. The fourth-order valence-electron chi connectivity index (χ4n) is 7.41. The summed E-state index contributed by atoms with van der Waals surface area (Å²) in [4.78, 5) is 6.85. The van der Waals surface area contributed by atoms with Crippen molar-refractivity contribution in [1.82, 2.24) is 9.55 Å². The van der Waals surface area contributed by atoms with E-state index in [0.717, 1.165) is 28.3 Å². The second kappa shape index (κ2) is 11.2. The average molecular weight is 644 g/mol. The Labute approximate surface area is 287 Å². The van der Waals surface area contributed by atoms with Crippen molar-refractivity contribution in [3.8, 4) is 16.8 Å². The van der Waals surface area contributed by atoms with E-state index in [1.807, 2.05) is 29.8 Å². The molecule has 0 radical (unpaired) electrons. The number of nitrogens with zero attached hydrogens (tertiary/aromatic N) is 3. The van der Waals surface area contributed by atoms with Crippen LogP contribution in [0.25, 0.3) is 69.6 Å². The van der Waals surface area contributed by atoms with Gasteiger partial charge in [-0.25, -0.2) is 0 Å². The quantitative estimate of drug-likeness (QED) is 0.186. The largest absolute Gasteiger partial charge is 0.309 e. The Morgan fingerprint density at radius 2 is 1.22 bits per heavy atom. The number of anilines is 3. The Balaban J connectivity index is 1.21. The third-order valence-corrected chi connectivity index (χ3v) is 10.8. The van der Waals surface area contributed by atoms with Crippen molar-refractivity contribution >= 4 is 81.1 Å². The molecule has 0 fully saturated rings. The van der Waals surface area contributed by atoms with Crippen LogP contribution in [0.1, 0.15) is 0 Å². The van der Waals surface area contributed by atoms with Crippen LogP contribution in [-0.4, -0.2) is 9.55 Å². The number of para-hydroxylation sites is 1. The third kappa shape index (κ3) is 4.53. The van der Waals surface area contributed by atoms with E-state index in [-0.39, 0.29) is 0 Å². The molecule has 0 aliphatic rings. The molecule has 0 saturated carbocycles. The Bertz CT molecular complexity index is 2830. The van der Waals surface area contributed by atoms with Gasteiger partial charge >= 0.3 is 0 Å². The molecule has 0 N–H and O–H groups in total. The molecule has 0 unspecified atom stereocenters. The van der Waals surface area contributed by atoms with Gasteiger partial charge in [0.25, 0.3) is 0 Å². The summed E-state index contributed by atoms with van der Waals surface area (Å²) in [6.07, 6.45) is 3.77. The van der Waals surface area contributed by atoms with E-state index in [0.29, 0.717) is 0 Å². The zero-order chi connectivity index (χ0) is 32.3. The zero-order valence-corrected chi connectivity index (χ0v) is 27.3. The minimum Gasteiger partial charge on any atom is -0.309 e. The molecule has 0 aliphatic carbocycles. The minimum atomic E-state index is 1.01. The predicted molar refractivity (Wildman–Crippen MR) is 209 cm³/mol. The molecule has 0 amide bonds. The highest BCUT2D eigenvalue weighted by Crippen LogP contribution is 2.43. The molecule has 0 atom stereocenters. The molecule has 3 nitrogen and oxygen atoms in total. The van der Waals surface area contributed by atoms with Crippen LogP contribution in [0.5, 0.6) is 0 Å². The molecule has 49 heavy (non-hydrogen) atoms. The van der Waals surface area contributed by atoms with Crippen molar-refractivity contribution in [1.29, 1.82) is 0 Å². The number of fused-ring (bicyclic) bond motifs is 7. The molecular formula is C45H29N3S. The highest BCUT2D eigenvalue weighted by molar-refractivity contribution is 7.25. The van der Waals surface area contributed by atoms with Crippen molar-refractivity contribution in [3.63, 3.8) is 0 Å². The second-order valence-electron chi connectivity index (χ2n) is 12.5. The van der Waals surface area contributed by atoms with Gasteiger partial charge in [-0.15, -0.1) is 11.3 Å². The van der Waals surface area contributed by atoms with E-state index in [9.17, 15) is 0 Å². The van der Waals surface area contributed by atoms with Crippen molar-refractivity contribution in [2.75, 3.05) is 4.90 Å². The first-order chi connectivity index (χ1) is 24.3. The Morgan fingerprint density at radius 3 is 2.10 bits per heavy atom. The van der Waals surface area contributed by atoms with Crippen molar-refractivity contribution in [2.24, 2.45) is 0 Å². The minimum absolute atomic E-state index is 1.01. The van der Waals surface area contributed by atoms with Crippen molar-refractivity contribution in [3.05, 3.63) is 176 Å². The number of hydrogen-bond acceptors (Lipinski definition) is 3. The third-order valence-electron chi connectivity index (χ3n) is 9.64. The van der Waals surface area contributed by atoms with E-state index in [1.54, 1.807) is 0 Å². The van der Waals surface area contributed by atoms with Gasteiger partial charge in [0.1, 0.15) is 0 Å². The summed E-state index contributed by atoms with van der Waals surface area (Å²) in [5.41, 5.74) is 9.13. The fourth-order valence-corrected chi connectivity index (χ4v) is 8.49. The summed E-state index contributed by atoms with van der Waals surface area (Å²) >= 11 is 1.86. The lowest BCUT2D eigenvalue weighted by molar-refractivity contribution is 1.17. The first-order valence-electron chi connectivity index (χ1n) is 16.5. The van der Waals surface area contributed by atoms with Gasteiger partial charge in [0.15, 0.2) is 0 Å². The molecular weight excluding hydrogens is 615 g/mol. The van der Waals surface area contributed by atoms with E-state index < -0.39 is 0 Å². The van der Waals surface area contributed by atoms with Crippen LogP contribution in [-0.2, 0) is 0 Å². The number of benzene rings is 7. The molecule has 10 aromatic rings. The van der Waals surface area contributed by atoms with Crippen LogP contribution in [0.15, 0.2) is 176 Å². The van der Waals surface area contributed by atoms with Crippen molar-refractivity contribution < 1.29 is 0 Å². The molecule has 7 aromatic carbocycles. The van der Waals surface area contributed by atoms with Gasteiger partial charge < -0.3 is 9.47 Å². The smallest absolute Gasteiger partial charge is 0.0645 e. The van der Waals surface area contributed by atoms with E-state index >= 15 is 0 Å². The zero-order valence-electron chi connectivity index (χ0n) is 26.5. The fraction of sp³-hybridized carbons (Fsp3) is 0. The van der Waals surface area contributed by atoms with E-state index in [2.05, 4.69) is 172 Å². The summed E-state index contributed by atoms with van der Waals surface area (Å²) in [6.45, 7) is 0. The summed E-state index contributed by atoms with van der Waals surface area (Å²) < 4.78 is 5.05. The summed E-state index contributed by atoms with van der Waals surface area (Å²) in [5, 5.41) is 7.49. The molecule has 0 aliphatic heterocycles. The predicted octanol–water partition coefficient (Wildman–Crippen LogP) is 12.8. The molecule has 3 aromatic heterocycles. The Hall–Kier alpha value is -6.23. The maximum atomic E-state index is 4.52. The van der Waals surface area contributed by atoms with E-state index in [1.165, 1.54) is 58.4 Å². The Kier molecular flexibility index (Phi) is 6.36. The summed E-state index contributed by atoms with van der Waals surface area (Å²) in [6, 6.07) is 59.3. The van der Waals surface area contributed by atoms with Gasteiger partial charge in [-0.05, 0) is 89.3 Å². The standard InChI is InChI=1S/C45H29N3S/c1-2-12-33(13-3-1)48-42-23-19-31(32-20-24-45-40(27-32)38-16-6-7-18-44(38)49-45)26-39(42)37-22-21-34(28-43(37)48)47(35-14-9-25-46-29-35)41-17-8-11-30-10-4-5-15-36(30)41/h1-29H. The number of thiophene rings is 1.